The molecule has 0 N–H and O–H groups in total. The number of fused-ring (bicyclic) bond motifs is 9. The SMILES string of the molecule is CC.O=c1c2ccccc2n(-c2ccccc2)c2c1cc1c3ccncc3n3c4cnccc4c2c13. The van der Waals surface area contributed by atoms with Gasteiger partial charge < -0.3 is 8.97 Å². The van der Waals surface area contributed by atoms with Gasteiger partial charge in [-0.05, 0) is 42.5 Å². The Kier molecular flexibility index (Phi) is 4.36. The molecule has 0 saturated heterocycles. The van der Waals surface area contributed by atoms with Crippen molar-refractivity contribution < 1.29 is 0 Å². The van der Waals surface area contributed by atoms with E-state index in [0.29, 0.717) is 10.8 Å². The highest BCUT2D eigenvalue weighted by Crippen LogP contribution is 2.43. The molecule has 0 fully saturated rings. The van der Waals surface area contributed by atoms with Crippen molar-refractivity contribution >= 4 is 59.9 Å². The summed E-state index contributed by atoms with van der Waals surface area (Å²) in [4.78, 5) is 22.8. The second kappa shape index (κ2) is 7.62. The summed E-state index contributed by atoms with van der Waals surface area (Å²) in [5, 5.41) is 5.71. The Bertz CT molecular complexity index is 2140. The molecule has 0 unspecified atom stereocenters. The van der Waals surface area contributed by atoms with Crippen molar-refractivity contribution in [1.29, 1.82) is 0 Å². The van der Waals surface area contributed by atoms with Crippen LogP contribution in [-0.2, 0) is 0 Å². The van der Waals surface area contributed by atoms with E-state index >= 15 is 0 Å². The van der Waals surface area contributed by atoms with Crippen LogP contribution in [0.1, 0.15) is 13.8 Å². The summed E-state index contributed by atoms with van der Waals surface area (Å²) < 4.78 is 4.47. The lowest BCUT2D eigenvalue weighted by atomic mass is 10.0. The van der Waals surface area contributed by atoms with Crippen LogP contribution in [-0.4, -0.2) is 18.9 Å². The predicted molar refractivity (Wildman–Crippen MR) is 149 cm³/mol. The first-order valence-corrected chi connectivity index (χ1v) is 12.2. The van der Waals surface area contributed by atoms with Crippen LogP contribution in [0.5, 0.6) is 0 Å². The number of hydrogen-bond acceptors (Lipinski definition) is 3. The van der Waals surface area contributed by atoms with Gasteiger partial charge in [-0.15, -0.1) is 0 Å². The number of pyridine rings is 3. The first kappa shape index (κ1) is 20.6. The molecule has 0 saturated carbocycles. The van der Waals surface area contributed by atoms with E-state index in [9.17, 15) is 4.79 Å². The molecule has 5 heterocycles. The number of hydrogen-bond donors (Lipinski definition) is 0. The van der Waals surface area contributed by atoms with Crippen molar-refractivity contribution in [3.63, 3.8) is 0 Å². The van der Waals surface area contributed by atoms with E-state index in [0.717, 1.165) is 54.8 Å². The van der Waals surface area contributed by atoms with E-state index in [-0.39, 0.29) is 5.43 Å². The van der Waals surface area contributed by atoms with Gasteiger partial charge in [0.05, 0.1) is 40.0 Å². The standard InChI is InChI=1S/C29H16N4O.C2H6/c34-29-20-8-4-5-9-23(20)32(17-6-2-1-3-7-17)28-22(29)14-21-18-10-12-30-15-24(18)33-25-16-31-13-11-19(25)26(28)27(21)33;1-2/h1-16H;1-2H3. The molecule has 0 bridgehead atoms. The number of rotatable bonds is 1. The van der Waals surface area contributed by atoms with Crippen molar-refractivity contribution in [2.24, 2.45) is 0 Å². The Labute approximate surface area is 206 Å². The van der Waals surface area contributed by atoms with Crippen LogP contribution in [0.25, 0.3) is 65.6 Å². The average molecular weight is 467 g/mol. The van der Waals surface area contributed by atoms with Gasteiger partial charge in [-0.1, -0.05) is 44.2 Å². The molecular weight excluding hydrogens is 444 g/mol. The first-order chi connectivity index (χ1) is 17.8. The molecule has 0 aliphatic rings. The summed E-state index contributed by atoms with van der Waals surface area (Å²) in [6.45, 7) is 4.00. The van der Waals surface area contributed by atoms with Crippen molar-refractivity contribution in [3.8, 4) is 5.69 Å². The third kappa shape index (κ3) is 2.52. The zero-order chi connectivity index (χ0) is 24.4. The van der Waals surface area contributed by atoms with Gasteiger partial charge in [0, 0.05) is 50.4 Å². The van der Waals surface area contributed by atoms with Crippen molar-refractivity contribution in [2.75, 3.05) is 0 Å². The lowest BCUT2D eigenvalue weighted by Gasteiger charge is -2.16. The fourth-order valence-electron chi connectivity index (χ4n) is 5.67. The van der Waals surface area contributed by atoms with Gasteiger partial charge in [-0.3, -0.25) is 14.8 Å². The fraction of sp³-hybridized carbons (Fsp3) is 0.0645. The summed E-state index contributed by atoms with van der Waals surface area (Å²) in [6.07, 6.45) is 7.43. The number of nitrogens with zero attached hydrogens (tertiary/aromatic N) is 4. The molecule has 5 heteroatoms. The summed E-state index contributed by atoms with van der Waals surface area (Å²) in [5.74, 6) is 0. The van der Waals surface area contributed by atoms with Crippen LogP contribution in [0.15, 0.2) is 102 Å². The highest BCUT2D eigenvalue weighted by atomic mass is 16.1. The molecule has 0 amide bonds. The van der Waals surface area contributed by atoms with E-state index in [1.54, 1.807) is 0 Å². The lowest BCUT2D eigenvalue weighted by molar-refractivity contribution is 1.17. The largest absolute Gasteiger partial charge is 0.308 e. The van der Waals surface area contributed by atoms with Gasteiger partial charge >= 0.3 is 0 Å². The van der Waals surface area contributed by atoms with Gasteiger partial charge in [0.15, 0.2) is 5.43 Å². The minimum Gasteiger partial charge on any atom is -0.308 e. The van der Waals surface area contributed by atoms with Crippen molar-refractivity contribution in [2.45, 2.75) is 13.8 Å². The lowest BCUT2D eigenvalue weighted by Crippen LogP contribution is -2.10. The topological polar surface area (TPSA) is 52.2 Å². The molecule has 172 valence electrons. The van der Waals surface area contributed by atoms with Crippen LogP contribution in [0.4, 0.5) is 0 Å². The number of benzene rings is 3. The molecule has 0 spiro atoms. The average Bonchev–Trinajstić information content (AvgIpc) is 3.47. The Morgan fingerprint density at radius 3 is 2.06 bits per heavy atom. The minimum atomic E-state index is 0.0494. The minimum absolute atomic E-state index is 0.0494. The molecule has 8 aromatic rings. The van der Waals surface area contributed by atoms with Crippen molar-refractivity contribution in [1.82, 2.24) is 18.9 Å². The van der Waals surface area contributed by atoms with Gasteiger partial charge in [-0.2, -0.15) is 0 Å². The maximum absolute atomic E-state index is 13.9. The van der Waals surface area contributed by atoms with E-state index in [1.807, 2.05) is 93.2 Å². The van der Waals surface area contributed by atoms with Crippen LogP contribution < -0.4 is 5.43 Å². The van der Waals surface area contributed by atoms with Crippen molar-refractivity contribution in [3.05, 3.63) is 108 Å². The zero-order valence-electron chi connectivity index (χ0n) is 19.9. The molecule has 5 aromatic heterocycles. The Hall–Kier alpha value is -4.77. The Balaban J connectivity index is 0.00000108. The van der Waals surface area contributed by atoms with Gasteiger partial charge in [0.2, 0.25) is 0 Å². The first-order valence-electron chi connectivity index (χ1n) is 12.2. The highest BCUT2D eigenvalue weighted by Gasteiger charge is 2.23. The second-order valence-electron chi connectivity index (χ2n) is 8.68. The molecule has 0 aliphatic carbocycles. The van der Waals surface area contributed by atoms with E-state index in [4.69, 9.17) is 0 Å². The maximum Gasteiger partial charge on any atom is 0.197 e. The van der Waals surface area contributed by atoms with Gasteiger partial charge in [0.25, 0.3) is 0 Å². The molecule has 0 aliphatic heterocycles. The highest BCUT2D eigenvalue weighted by molar-refractivity contribution is 6.31. The normalized spacial score (nSPS) is 11.7. The molecular formula is C31H22N4O. The van der Waals surface area contributed by atoms with E-state index < -0.39 is 0 Å². The maximum atomic E-state index is 13.9. The molecule has 5 nitrogen and oxygen atoms in total. The van der Waals surface area contributed by atoms with Crippen LogP contribution in [0.3, 0.4) is 0 Å². The van der Waals surface area contributed by atoms with E-state index in [1.165, 1.54) is 0 Å². The van der Waals surface area contributed by atoms with Gasteiger partial charge in [-0.25, -0.2) is 0 Å². The summed E-state index contributed by atoms with van der Waals surface area (Å²) >= 11 is 0. The van der Waals surface area contributed by atoms with Gasteiger partial charge in [0.1, 0.15) is 0 Å². The quantitative estimate of drug-likeness (QED) is 0.242. The van der Waals surface area contributed by atoms with Crippen LogP contribution in [0.2, 0.25) is 0 Å². The van der Waals surface area contributed by atoms with Crippen LogP contribution in [0, 0.1) is 0 Å². The third-order valence-corrected chi connectivity index (χ3v) is 7.01. The summed E-state index contributed by atoms with van der Waals surface area (Å²) in [7, 11) is 0. The molecule has 0 radical (unpaired) electrons. The second-order valence-corrected chi connectivity index (χ2v) is 8.68. The number of para-hydroxylation sites is 2. The molecule has 3 aromatic carbocycles. The third-order valence-electron chi connectivity index (χ3n) is 7.01. The van der Waals surface area contributed by atoms with E-state index in [2.05, 4.69) is 37.1 Å². The summed E-state index contributed by atoms with van der Waals surface area (Å²) in [6, 6.07) is 24.3. The van der Waals surface area contributed by atoms with Crippen LogP contribution >= 0.6 is 0 Å². The molecule has 8 rings (SSSR count). The zero-order valence-corrected chi connectivity index (χ0v) is 19.9. The fourth-order valence-corrected chi connectivity index (χ4v) is 5.67. The Morgan fingerprint density at radius 1 is 0.611 bits per heavy atom. The predicted octanol–water partition coefficient (Wildman–Crippen LogP) is 7.11. The molecule has 0 atom stereocenters. The number of aromatic nitrogens is 4. The summed E-state index contributed by atoms with van der Waals surface area (Å²) in [5.41, 5.74) is 6.01. The smallest absolute Gasteiger partial charge is 0.197 e. The monoisotopic (exact) mass is 466 g/mol. The Morgan fingerprint density at radius 2 is 1.28 bits per heavy atom. The molecule has 36 heavy (non-hydrogen) atoms.